The summed E-state index contributed by atoms with van der Waals surface area (Å²) in [5.41, 5.74) is 5.21. The number of nitrogens with one attached hydrogen (secondary N) is 2. The minimum atomic E-state index is 0.904. The first-order valence-corrected chi connectivity index (χ1v) is 9.53. The smallest absolute Gasteiger partial charge is 0.131 e. The van der Waals surface area contributed by atoms with E-state index in [4.69, 9.17) is 0 Å². The Morgan fingerprint density at radius 1 is 0.519 bits per heavy atom. The van der Waals surface area contributed by atoms with Crippen LogP contribution in [-0.4, -0.2) is 26.2 Å². The van der Waals surface area contributed by atoms with Gasteiger partial charge in [-0.3, -0.25) is 9.80 Å². The number of rotatable bonds is 12. The molecule has 0 heterocycles. The van der Waals surface area contributed by atoms with E-state index in [0.717, 1.165) is 32.6 Å². The molecule has 0 bridgehead atoms. The van der Waals surface area contributed by atoms with Crippen LogP contribution in [0.4, 0.5) is 11.4 Å². The van der Waals surface area contributed by atoms with E-state index in [1.807, 2.05) is 24.3 Å². The van der Waals surface area contributed by atoms with Crippen molar-refractivity contribution in [1.82, 2.24) is 0 Å². The van der Waals surface area contributed by atoms with Crippen molar-refractivity contribution in [1.29, 1.82) is 0 Å². The van der Waals surface area contributed by atoms with Gasteiger partial charge in [-0.25, -0.2) is 0 Å². The lowest BCUT2D eigenvalue weighted by atomic mass is 10.0. The predicted octanol–water partition coefficient (Wildman–Crippen LogP) is 3.05. The zero-order valence-electron chi connectivity index (χ0n) is 16.3. The summed E-state index contributed by atoms with van der Waals surface area (Å²) in [6.07, 6.45) is 8.77. The van der Waals surface area contributed by atoms with Crippen molar-refractivity contribution in [3.05, 3.63) is 110 Å². The molecule has 0 saturated heterocycles. The summed E-state index contributed by atoms with van der Waals surface area (Å²) in [6, 6.07) is 17.8. The fourth-order valence-electron chi connectivity index (χ4n) is 3.29. The molecule has 0 aliphatic heterocycles. The van der Waals surface area contributed by atoms with E-state index in [1.165, 1.54) is 32.3 Å². The molecule has 2 rings (SSSR count). The summed E-state index contributed by atoms with van der Waals surface area (Å²) >= 11 is 0. The summed E-state index contributed by atoms with van der Waals surface area (Å²) in [5.74, 6) is 0. The van der Waals surface area contributed by atoms with E-state index >= 15 is 0 Å². The Kier molecular flexibility index (Phi) is 8.50. The van der Waals surface area contributed by atoms with Gasteiger partial charge in [-0.1, -0.05) is 50.6 Å². The van der Waals surface area contributed by atoms with Crippen molar-refractivity contribution in [2.75, 3.05) is 26.2 Å². The average molecular weight is 361 g/mol. The van der Waals surface area contributed by atoms with Crippen molar-refractivity contribution in [3.8, 4) is 0 Å². The lowest BCUT2D eigenvalue weighted by Crippen LogP contribution is -3.06. The zero-order chi connectivity index (χ0) is 19.5. The van der Waals surface area contributed by atoms with Crippen LogP contribution in [0.15, 0.2) is 99.2 Å². The molecule has 0 unspecified atom stereocenters. The molecule has 2 nitrogen and oxygen atoms in total. The van der Waals surface area contributed by atoms with Gasteiger partial charge in [0.05, 0.1) is 0 Å². The minimum Gasteiger partial charge on any atom is -0.296 e. The molecule has 27 heavy (non-hydrogen) atoms. The van der Waals surface area contributed by atoms with Gasteiger partial charge in [0.15, 0.2) is 0 Å². The largest absolute Gasteiger partial charge is 0.296 e. The second kappa shape index (κ2) is 11.1. The standard InChI is InChI=1S/C25H30N2/c1-5-17-26(18-6-2)24-13-9-22(10-14-24)21-23-11-15-25(16-12-23)27(19-7-3)20-8-4/h5-16H,1-4,17-21H2/p+2. The predicted molar refractivity (Wildman–Crippen MR) is 117 cm³/mol. The first-order valence-electron chi connectivity index (χ1n) is 9.53. The Labute approximate surface area is 164 Å². The molecule has 0 aliphatic rings. The van der Waals surface area contributed by atoms with Crippen LogP contribution >= 0.6 is 0 Å². The summed E-state index contributed by atoms with van der Waals surface area (Å²) in [4.78, 5) is 2.73. The Morgan fingerprint density at radius 2 is 0.815 bits per heavy atom. The van der Waals surface area contributed by atoms with Crippen LogP contribution in [0.1, 0.15) is 11.1 Å². The average Bonchev–Trinajstić information content (AvgIpc) is 2.69. The van der Waals surface area contributed by atoms with E-state index in [-0.39, 0.29) is 0 Å². The number of hydrogen-bond donors (Lipinski definition) is 2. The second-order valence-corrected chi connectivity index (χ2v) is 6.75. The van der Waals surface area contributed by atoms with Gasteiger partial charge in [0, 0.05) is 0 Å². The molecule has 2 heteroatoms. The first kappa shape index (κ1) is 20.6. The highest BCUT2D eigenvalue weighted by atomic mass is 15.1. The van der Waals surface area contributed by atoms with E-state index < -0.39 is 0 Å². The molecule has 0 amide bonds. The fourth-order valence-corrected chi connectivity index (χ4v) is 3.29. The molecular formula is C25H32N2+2. The summed E-state index contributed by atoms with van der Waals surface area (Å²) in [5, 5.41) is 0. The Bertz CT molecular complexity index is 655. The Morgan fingerprint density at radius 3 is 1.07 bits per heavy atom. The molecule has 0 fully saturated rings. The van der Waals surface area contributed by atoms with Crippen LogP contribution in [-0.2, 0) is 6.42 Å². The number of benzene rings is 2. The Hall–Kier alpha value is -2.68. The van der Waals surface area contributed by atoms with E-state index in [1.54, 1.807) is 0 Å². The van der Waals surface area contributed by atoms with Crippen LogP contribution in [0.2, 0.25) is 0 Å². The monoisotopic (exact) mass is 360 g/mol. The fraction of sp³-hybridized carbons (Fsp3) is 0.200. The molecule has 0 aromatic heterocycles. The molecule has 2 aromatic rings. The second-order valence-electron chi connectivity index (χ2n) is 6.75. The quantitative estimate of drug-likeness (QED) is 0.539. The number of quaternary nitrogens is 2. The van der Waals surface area contributed by atoms with Crippen molar-refractivity contribution in [2.45, 2.75) is 6.42 Å². The summed E-state index contributed by atoms with van der Waals surface area (Å²) in [7, 11) is 0. The van der Waals surface area contributed by atoms with Gasteiger partial charge in [-0.2, -0.15) is 0 Å². The summed E-state index contributed by atoms with van der Waals surface area (Å²) < 4.78 is 0. The van der Waals surface area contributed by atoms with Gasteiger partial charge in [-0.15, -0.1) is 0 Å². The SMILES string of the molecule is C=CC[NH+](CC=C)c1ccc(Cc2ccc([NH+](CC=C)CC=C)cc2)cc1. The van der Waals surface area contributed by atoms with Gasteiger partial charge >= 0.3 is 0 Å². The van der Waals surface area contributed by atoms with E-state index in [2.05, 4.69) is 74.8 Å². The topological polar surface area (TPSA) is 8.88 Å². The van der Waals surface area contributed by atoms with Gasteiger partial charge < -0.3 is 0 Å². The first-order chi connectivity index (χ1) is 13.2. The third-order valence-electron chi connectivity index (χ3n) is 4.70. The maximum atomic E-state index is 3.86. The van der Waals surface area contributed by atoms with E-state index in [0.29, 0.717) is 0 Å². The molecule has 0 radical (unpaired) electrons. The van der Waals surface area contributed by atoms with Crippen LogP contribution < -0.4 is 9.80 Å². The molecule has 0 spiro atoms. The molecule has 140 valence electrons. The molecule has 0 saturated carbocycles. The van der Waals surface area contributed by atoms with Crippen molar-refractivity contribution < 1.29 is 9.80 Å². The maximum absolute atomic E-state index is 3.86. The normalized spacial score (nSPS) is 10.7. The molecular weight excluding hydrogens is 328 g/mol. The Balaban J connectivity index is 2.06. The van der Waals surface area contributed by atoms with Crippen LogP contribution in [0.25, 0.3) is 0 Å². The van der Waals surface area contributed by atoms with Crippen molar-refractivity contribution >= 4 is 11.4 Å². The lowest BCUT2D eigenvalue weighted by molar-refractivity contribution is -0.819. The zero-order valence-corrected chi connectivity index (χ0v) is 16.3. The molecule has 0 aliphatic carbocycles. The molecule has 2 N–H and O–H groups in total. The maximum Gasteiger partial charge on any atom is 0.131 e. The van der Waals surface area contributed by atoms with Crippen LogP contribution in [0.3, 0.4) is 0 Å². The van der Waals surface area contributed by atoms with Gasteiger partial charge in [0.2, 0.25) is 0 Å². The third kappa shape index (κ3) is 6.21. The lowest BCUT2D eigenvalue weighted by Gasteiger charge is -2.16. The van der Waals surface area contributed by atoms with Crippen LogP contribution in [0.5, 0.6) is 0 Å². The van der Waals surface area contributed by atoms with Crippen molar-refractivity contribution in [3.63, 3.8) is 0 Å². The van der Waals surface area contributed by atoms with E-state index in [9.17, 15) is 0 Å². The van der Waals surface area contributed by atoms with Crippen LogP contribution in [0, 0.1) is 0 Å². The van der Waals surface area contributed by atoms with Crippen molar-refractivity contribution in [2.24, 2.45) is 0 Å². The third-order valence-corrected chi connectivity index (χ3v) is 4.70. The molecule has 0 atom stereocenters. The highest BCUT2D eigenvalue weighted by molar-refractivity contribution is 5.38. The van der Waals surface area contributed by atoms with Gasteiger partial charge in [0.25, 0.3) is 0 Å². The van der Waals surface area contributed by atoms with Gasteiger partial charge in [-0.05, 0) is 66.1 Å². The highest BCUT2D eigenvalue weighted by Crippen LogP contribution is 2.13. The molecule has 2 aromatic carbocycles. The highest BCUT2D eigenvalue weighted by Gasteiger charge is 2.10. The minimum absolute atomic E-state index is 0.904. The summed E-state index contributed by atoms with van der Waals surface area (Å²) in [6.45, 7) is 19.0. The number of hydrogen-bond acceptors (Lipinski definition) is 0. The van der Waals surface area contributed by atoms with Gasteiger partial charge in [0.1, 0.15) is 37.6 Å².